The second-order valence-corrected chi connectivity index (χ2v) is 4.44. The SMILES string of the molecule is CCOC(=O)C1CN(c2ccccc2C)CC1=O. The summed E-state index contributed by atoms with van der Waals surface area (Å²) in [4.78, 5) is 25.4. The molecule has 4 nitrogen and oxygen atoms in total. The average Bonchev–Trinajstić information content (AvgIpc) is 2.72. The van der Waals surface area contributed by atoms with Crippen molar-refractivity contribution < 1.29 is 14.3 Å². The number of aryl methyl sites for hydroxylation is 1. The summed E-state index contributed by atoms with van der Waals surface area (Å²) in [6, 6.07) is 7.86. The van der Waals surface area contributed by atoms with E-state index in [1.165, 1.54) is 0 Å². The number of Topliss-reactive ketones (excluding diaryl/α,β-unsaturated/α-hetero) is 1. The van der Waals surface area contributed by atoms with Gasteiger partial charge < -0.3 is 9.64 Å². The van der Waals surface area contributed by atoms with Crippen LogP contribution in [0.4, 0.5) is 5.69 Å². The molecular weight excluding hydrogens is 230 g/mol. The molecule has 0 aromatic heterocycles. The lowest BCUT2D eigenvalue weighted by molar-refractivity contribution is -0.149. The fraction of sp³-hybridized carbons (Fsp3) is 0.429. The van der Waals surface area contributed by atoms with Gasteiger partial charge in [-0.15, -0.1) is 0 Å². The molecule has 1 aliphatic rings. The van der Waals surface area contributed by atoms with Crippen LogP contribution in [-0.2, 0) is 14.3 Å². The van der Waals surface area contributed by atoms with Gasteiger partial charge in [-0.1, -0.05) is 18.2 Å². The summed E-state index contributed by atoms with van der Waals surface area (Å²) in [6.45, 7) is 4.76. The van der Waals surface area contributed by atoms with E-state index in [9.17, 15) is 9.59 Å². The van der Waals surface area contributed by atoms with Crippen molar-refractivity contribution in [1.82, 2.24) is 0 Å². The summed E-state index contributed by atoms with van der Waals surface area (Å²) in [5, 5.41) is 0. The first kappa shape index (κ1) is 12.6. The molecule has 0 saturated carbocycles. The van der Waals surface area contributed by atoms with Crippen LogP contribution >= 0.6 is 0 Å². The zero-order valence-electron chi connectivity index (χ0n) is 10.7. The number of anilines is 1. The molecule has 1 unspecified atom stereocenters. The standard InChI is InChI=1S/C14H17NO3/c1-3-18-14(17)11-8-15(9-13(11)16)12-7-5-4-6-10(12)2/h4-7,11H,3,8-9H2,1-2H3. The Labute approximate surface area is 107 Å². The van der Waals surface area contributed by atoms with Crippen molar-refractivity contribution in [3.8, 4) is 0 Å². The Bertz CT molecular complexity index is 470. The van der Waals surface area contributed by atoms with E-state index in [4.69, 9.17) is 4.74 Å². The van der Waals surface area contributed by atoms with Gasteiger partial charge in [0.05, 0.1) is 13.2 Å². The molecule has 0 aliphatic carbocycles. The van der Waals surface area contributed by atoms with Crippen molar-refractivity contribution in [2.24, 2.45) is 5.92 Å². The van der Waals surface area contributed by atoms with E-state index < -0.39 is 11.9 Å². The van der Waals surface area contributed by atoms with Crippen LogP contribution in [0.25, 0.3) is 0 Å². The van der Waals surface area contributed by atoms with Gasteiger partial charge in [-0.2, -0.15) is 0 Å². The second kappa shape index (κ2) is 5.21. The summed E-state index contributed by atoms with van der Waals surface area (Å²) in [5.74, 6) is -1.10. The molecular formula is C14H17NO3. The smallest absolute Gasteiger partial charge is 0.318 e. The average molecular weight is 247 g/mol. The Morgan fingerprint density at radius 3 is 2.83 bits per heavy atom. The van der Waals surface area contributed by atoms with Crippen molar-refractivity contribution in [2.45, 2.75) is 13.8 Å². The summed E-state index contributed by atoms with van der Waals surface area (Å²) in [6.07, 6.45) is 0. The number of carbonyl (C=O) groups excluding carboxylic acids is 2. The third-order valence-electron chi connectivity index (χ3n) is 3.17. The zero-order chi connectivity index (χ0) is 13.1. The van der Waals surface area contributed by atoms with Crippen LogP contribution in [0.15, 0.2) is 24.3 Å². The Hall–Kier alpha value is -1.84. The van der Waals surface area contributed by atoms with Gasteiger partial charge in [-0.05, 0) is 25.5 Å². The molecule has 1 aliphatic heterocycles. The Balaban J connectivity index is 2.14. The minimum Gasteiger partial charge on any atom is -0.465 e. The molecule has 0 bridgehead atoms. The molecule has 96 valence electrons. The van der Waals surface area contributed by atoms with Gasteiger partial charge in [-0.3, -0.25) is 9.59 Å². The molecule has 1 aromatic carbocycles. The van der Waals surface area contributed by atoms with Crippen LogP contribution in [0, 0.1) is 12.8 Å². The molecule has 1 heterocycles. The van der Waals surface area contributed by atoms with E-state index in [0.717, 1.165) is 11.3 Å². The van der Waals surface area contributed by atoms with Crippen molar-refractivity contribution >= 4 is 17.4 Å². The molecule has 1 fully saturated rings. The highest BCUT2D eigenvalue weighted by molar-refractivity contribution is 6.04. The first-order valence-corrected chi connectivity index (χ1v) is 6.13. The summed E-state index contributed by atoms with van der Waals surface area (Å²) >= 11 is 0. The predicted octanol–water partition coefficient (Wildman–Crippen LogP) is 1.56. The van der Waals surface area contributed by atoms with Gasteiger partial charge in [0, 0.05) is 12.2 Å². The number of hydrogen-bond donors (Lipinski definition) is 0. The van der Waals surface area contributed by atoms with Crippen LogP contribution < -0.4 is 4.90 Å². The third-order valence-corrected chi connectivity index (χ3v) is 3.17. The highest BCUT2D eigenvalue weighted by atomic mass is 16.5. The lowest BCUT2D eigenvalue weighted by atomic mass is 10.1. The monoisotopic (exact) mass is 247 g/mol. The minimum atomic E-state index is -0.635. The van der Waals surface area contributed by atoms with E-state index in [1.54, 1.807) is 6.92 Å². The molecule has 4 heteroatoms. The fourth-order valence-electron chi connectivity index (χ4n) is 2.24. The molecule has 0 N–H and O–H groups in total. The number of benzene rings is 1. The third kappa shape index (κ3) is 2.37. The Morgan fingerprint density at radius 1 is 1.44 bits per heavy atom. The number of carbonyl (C=O) groups is 2. The van der Waals surface area contributed by atoms with Crippen molar-refractivity contribution in [3.05, 3.63) is 29.8 Å². The topological polar surface area (TPSA) is 46.6 Å². The molecule has 0 radical (unpaired) electrons. The number of ether oxygens (including phenoxy) is 1. The van der Waals surface area contributed by atoms with Crippen LogP contribution in [0.3, 0.4) is 0 Å². The lowest BCUT2D eigenvalue weighted by Gasteiger charge is -2.19. The quantitative estimate of drug-likeness (QED) is 0.601. The van der Waals surface area contributed by atoms with Crippen LogP contribution in [0.5, 0.6) is 0 Å². The Kier molecular flexibility index (Phi) is 3.65. The second-order valence-electron chi connectivity index (χ2n) is 4.44. The molecule has 18 heavy (non-hydrogen) atoms. The maximum atomic E-state index is 11.8. The molecule has 2 rings (SSSR count). The van der Waals surface area contributed by atoms with E-state index in [2.05, 4.69) is 0 Å². The highest BCUT2D eigenvalue weighted by Crippen LogP contribution is 2.25. The molecule has 1 atom stereocenters. The zero-order valence-corrected chi connectivity index (χ0v) is 10.7. The van der Waals surface area contributed by atoms with Crippen molar-refractivity contribution in [2.75, 3.05) is 24.6 Å². The largest absolute Gasteiger partial charge is 0.465 e. The normalized spacial score (nSPS) is 19.1. The Morgan fingerprint density at radius 2 is 2.17 bits per heavy atom. The van der Waals surface area contributed by atoms with E-state index in [0.29, 0.717) is 13.2 Å². The number of esters is 1. The van der Waals surface area contributed by atoms with Crippen LogP contribution in [-0.4, -0.2) is 31.4 Å². The lowest BCUT2D eigenvalue weighted by Crippen LogP contribution is -2.26. The summed E-state index contributed by atoms with van der Waals surface area (Å²) in [5.41, 5.74) is 2.12. The van der Waals surface area contributed by atoms with Crippen molar-refractivity contribution in [1.29, 1.82) is 0 Å². The summed E-state index contributed by atoms with van der Waals surface area (Å²) in [7, 11) is 0. The van der Waals surface area contributed by atoms with Crippen LogP contribution in [0.2, 0.25) is 0 Å². The van der Waals surface area contributed by atoms with E-state index in [-0.39, 0.29) is 12.3 Å². The molecule has 0 spiro atoms. The van der Waals surface area contributed by atoms with Crippen LogP contribution in [0.1, 0.15) is 12.5 Å². The number of ketones is 1. The number of hydrogen-bond acceptors (Lipinski definition) is 4. The molecule has 1 saturated heterocycles. The summed E-state index contributed by atoms with van der Waals surface area (Å²) < 4.78 is 4.92. The maximum Gasteiger partial charge on any atom is 0.318 e. The predicted molar refractivity (Wildman–Crippen MR) is 68.5 cm³/mol. The minimum absolute atomic E-state index is 0.0586. The first-order chi connectivity index (χ1) is 8.63. The van der Waals surface area contributed by atoms with E-state index >= 15 is 0 Å². The van der Waals surface area contributed by atoms with Gasteiger partial charge in [-0.25, -0.2) is 0 Å². The van der Waals surface area contributed by atoms with Gasteiger partial charge in [0.2, 0.25) is 0 Å². The van der Waals surface area contributed by atoms with E-state index in [1.807, 2.05) is 36.1 Å². The van der Waals surface area contributed by atoms with Crippen molar-refractivity contribution in [3.63, 3.8) is 0 Å². The number of para-hydroxylation sites is 1. The molecule has 0 amide bonds. The van der Waals surface area contributed by atoms with Gasteiger partial charge >= 0.3 is 5.97 Å². The number of rotatable bonds is 3. The first-order valence-electron chi connectivity index (χ1n) is 6.13. The van der Waals surface area contributed by atoms with Gasteiger partial charge in [0.1, 0.15) is 5.92 Å². The fourth-order valence-corrected chi connectivity index (χ4v) is 2.24. The maximum absolute atomic E-state index is 11.8. The molecule has 1 aromatic rings. The number of nitrogens with zero attached hydrogens (tertiary/aromatic N) is 1. The van der Waals surface area contributed by atoms with Gasteiger partial charge in [0.15, 0.2) is 5.78 Å². The highest BCUT2D eigenvalue weighted by Gasteiger charge is 2.37. The van der Waals surface area contributed by atoms with Gasteiger partial charge in [0.25, 0.3) is 0 Å².